The van der Waals surface area contributed by atoms with E-state index in [2.05, 4.69) is 34.3 Å². The van der Waals surface area contributed by atoms with Gasteiger partial charge in [-0.1, -0.05) is 24.3 Å². The number of hydrogen-bond donors (Lipinski definition) is 1. The van der Waals surface area contributed by atoms with E-state index >= 15 is 0 Å². The lowest BCUT2D eigenvalue weighted by molar-refractivity contribution is 0.971. The second-order valence-electron chi connectivity index (χ2n) is 3.98. The SMILES string of the molecule is Cc1ccccc1CCNc1nccc(C#N)n1. The number of anilines is 1. The van der Waals surface area contributed by atoms with E-state index in [1.165, 1.54) is 11.1 Å². The summed E-state index contributed by atoms with van der Waals surface area (Å²) < 4.78 is 0. The molecule has 4 nitrogen and oxygen atoms in total. The Morgan fingerprint density at radius 2 is 2.11 bits per heavy atom. The molecule has 0 atom stereocenters. The molecule has 1 heterocycles. The average Bonchev–Trinajstić information content (AvgIpc) is 2.41. The Bertz CT molecular complexity index is 572. The molecule has 0 saturated heterocycles. The molecule has 0 bridgehead atoms. The van der Waals surface area contributed by atoms with Crippen LogP contribution in [-0.4, -0.2) is 16.5 Å². The third kappa shape index (κ3) is 3.05. The van der Waals surface area contributed by atoms with Crippen molar-refractivity contribution in [2.75, 3.05) is 11.9 Å². The first-order chi connectivity index (χ1) is 8.79. The van der Waals surface area contributed by atoms with Crippen LogP contribution in [0, 0.1) is 18.3 Å². The Labute approximate surface area is 106 Å². The van der Waals surface area contributed by atoms with Gasteiger partial charge in [-0.05, 0) is 30.5 Å². The number of nitrogens with zero attached hydrogens (tertiary/aromatic N) is 3. The number of aryl methyl sites for hydroxylation is 1. The molecular weight excluding hydrogens is 224 g/mol. The van der Waals surface area contributed by atoms with Crippen LogP contribution in [0.15, 0.2) is 36.5 Å². The summed E-state index contributed by atoms with van der Waals surface area (Å²) in [5, 5.41) is 11.9. The Morgan fingerprint density at radius 1 is 1.28 bits per heavy atom. The number of hydrogen-bond acceptors (Lipinski definition) is 4. The topological polar surface area (TPSA) is 61.6 Å². The van der Waals surface area contributed by atoms with Gasteiger partial charge >= 0.3 is 0 Å². The van der Waals surface area contributed by atoms with Gasteiger partial charge in [0.2, 0.25) is 5.95 Å². The zero-order valence-corrected chi connectivity index (χ0v) is 10.2. The average molecular weight is 238 g/mol. The third-order valence-electron chi connectivity index (χ3n) is 2.71. The van der Waals surface area contributed by atoms with Crippen LogP contribution in [0.3, 0.4) is 0 Å². The van der Waals surface area contributed by atoms with Crippen molar-refractivity contribution < 1.29 is 0 Å². The molecule has 0 aliphatic rings. The van der Waals surface area contributed by atoms with Crippen molar-refractivity contribution in [1.29, 1.82) is 5.26 Å². The molecule has 0 aliphatic carbocycles. The third-order valence-corrected chi connectivity index (χ3v) is 2.71. The molecule has 4 heteroatoms. The molecule has 2 rings (SSSR count). The molecule has 18 heavy (non-hydrogen) atoms. The van der Waals surface area contributed by atoms with E-state index in [0.717, 1.165) is 13.0 Å². The maximum atomic E-state index is 8.73. The van der Waals surface area contributed by atoms with Crippen LogP contribution >= 0.6 is 0 Å². The van der Waals surface area contributed by atoms with Gasteiger partial charge < -0.3 is 5.32 Å². The highest BCUT2D eigenvalue weighted by molar-refractivity contribution is 5.31. The summed E-state index contributed by atoms with van der Waals surface area (Å²) in [7, 11) is 0. The smallest absolute Gasteiger partial charge is 0.223 e. The van der Waals surface area contributed by atoms with Gasteiger partial charge in [-0.15, -0.1) is 0 Å². The van der Waals surface area contributed by atoms with E-state index < -0.39 is 0 Å². The molecule has 0 spiro atoms. The van der Waals surface area contributed by atoms with Gasteiger partial charge in [-0.3, -0.25) is 0 Å². The van der Waals surface area contributed by atoms with Crippen molar-refractivity contribution in [2.24, 2.45) is 0 Å². The summed E-state index contributed by atoms with van der Waals surface area (Å²) in [5.41, 5.74) is 2.97. The molecule has 0 saturated carbocycles. The predicted molar refractivity (Wildman–Crippen MR) is 70.1 cm³/mol. The van der Waals surface area contributed by atoms with Crippen molar-refractivity contribution in [3.05, 3.63) is 53.3 Å². The van der Waals surface area contributed by atoms with Gasteiger partial charge in [0, 0.05) is 12.7 Å². The summed E-state index contributed by atoms with van der Waals surface area (Å²) >= 11 is 0. The summed E-state index contributed by atoms with van der Waals surface area (Å²) in [6, 6.07) is 11.9. The van der Waals surface area contributed by atoms with Gasteiger partial charge in [0.1, 0.15) is 11.8 Å². The molecule has 2 aromatic rings. The van der Waals surface area contributed by atoms with Crippen molar-refractivity contribution in [2.45, 2.75) is 13.3 Å². The number of nitrogens with one attached hydrogen (secondary N) is 1. The zero-order valence-electron chi connectivity index (χ0n) is 10.2. The highest BCUT2D eigenvalue weighted by Gasteiger charge is 1.99. The second-order valence-corrected chi connectivity index (χ2v) is 3.98. The fourth-order valence-corrected chi connectivity index (χ4v) is 1.71. The largest absolute Gasteiger partial charge is 0.354 e. The Morgan fingerprint density at radius 3 is 2.89 bits per heavy atom. The van der Waals surface area contributed by atoms with E-state index in [-0.39, 0.29) is 0 Å². The van der Waals surface area contributed by atoms with Crippen molar-refractivity contribution in [3.63, 3.8) is 0 Å². The highest BCUT2D eigenvalue weighted by atomic mass is 15.1. The van der Waals surface area contributed by atoms with E-state index in [0.29, 0.717) is 11.6 Å². The maximum Gasteiger partial charge on any atom is 0.223 e. The molecule has 1 aromatic heterocycles. The number of benzene rings is 1. The zero-order chi connectivity index (χ0) is 12.8. The molecule has 0 unspecified atom stereocenters. The lowest BCUT2D eigenvalue weighted by atomic mass is 10.1. The van der Waals surface area contributed by atoms with Crippen molar-refractivity contribution in [3.8, 4) is 6.07 Å². The Kier molecular flexibility index (Phi) is 3.87. The molecule has 0 amide bonds. The standard InChI is InChI=1S/C14H14N4/c1-11-4-2-3-5-12(11)6-8-16-14-17-9-7-13(10-15)18-14/h2-5,7,9H,6,8H2,1H3,(H,16,17,18). The van der Waals surface area contributed by atoms with E-state index in [4.69, 9.17) is 5.26 Å². The lowest BCUT2D eigenvalue weighted by Gasteiger charge is -2.06. The molecule has 0 radical (unpaired) electrons. The first kappa shape index (κ1) is 12.1. The fourth-order valence-electron chi connectivity index (χ4n) is 1.71. The van der Waals surface area contributed by atoms with Crippen molar-refractivity contribution >= 4 is 5.95 Å². The first-order valence-corrected chi connectivity index (χ1v) is 5.81. The minimum absolute atomic E-state index is 0.378. The van der Waals surface area contributed by atoms with Crippen LogP contribution in [-0.2, 0) is 6.42 Å². The van der Waals surface area contributed by atoms with Crippen LogP contribution in [0.1, 0.15) is 16.8 Å². The molecular formula is C14H14N4. The summed E-state index contributed by atoms with van der Waals surface area (Å²) in [6.45, 7) is 2.85. The summed E-state index contributed by atoms with van der Waals surface area (Å²) in [4.78, 5) is 8.13. The van der Waals surface area contributed by atoms with Crippen LogP contribution < -0.4 is 5.32 Å². The van der Waals surface area contributed by atoms with Gasteiger partial charge in [-0.2, -0.15) is 5.26 Å². The van der Waals surface area contributed by atoms with Crippen LogP contribution in [0.4, 0.5) is 5.95 Å². The van der Waals surface area contributed by atoms with Crippen LogP contribution in [0.5, 0.6) is 0 Å². The van der Waals surface area contributed by atoms with Gasteiger partial charge in [0.05, 0.1) is 0 Å². The molecule has 0 aliphatic heterocycles. The van der Waals surface area contributed by atoms with Crippen LogP contribution in [0.25, 0.3) is 0 Å². The highest BCUT2D eigenvalue weighted by Crippen LogP contribution is 2.08. The summed E-state index contributed by atoms with van der Waals surface area (Å²) in [6.07, 6.45) is 2.49. The second kappa shape index (κ2) is 5.78. The monoisotopic (exact) mass is 238 g/mol. The van der Waals surface area contributed by atoms with E-state index in [1.807, 2.05) is 18.2 Å². The maximum absolute atomic E-state index is 8.73. The van der Waals surface area contributed by atoms with Gasteiger partial charge in [0.15, 0.2) is 0 Å². The van der Waals surface area contributed by atoms with Gasteiger partial charge in [0.25, 0.3) is 0 Å². The fraction of sp³-hybridized carbons (Fsp3) is 0.214. The Balaban J connectivity index is 1.93. The predicted octanol–water partition coefficient (Wildman–Crippen LogP) is 2.31. The quantitative estimate of drug-likeness (QED) is 0.887. The van der Waals surface area contributed by atoms with Gasteiger partial charge in [-0.25, -0.2) is 9.97 Å². The Hall–Kier alpha value is -2.41. The molecule has 1 N–H and O–H groups in total. The minimum atomic E-state index is 0.378. The minimum Gasteiger partial charge on any atom is -0.354 e. The molecule has 0 fully saturated rings. The van der Waals surface area contributed by atoms with Crippen molar-refractivity contribution in [1.82, 2.24) is 9.97 Å². The number of rotatable bonds is 4. The number of nitriles is 1. The molecule has 1 aromatic carbocycles. The van der Waals surface area contributed by atoms with E-state index in [9.17, 15) is 0 Å². The number of aromatic nitrogens is 2. The molecule has 90 valence electrons. The first-order valence-electron chi connectivity index (χ1n) is 5.81. The van der Waals surface area contributed by atoms with Crippen LogP contribution in [0.2, 0.25) is 0 Å². The summed E-state index contributed by atoms with van der Waals surface area (Å²) in [5.74, 6) is 0.502. The lowest BCUT2D eigenvalue weighted by Crippen LogP contribution is -2.08. The normalized spacial score (nSPS) is 9.78. The van der Waals surface area contributed by atoms with E-state index in [1.54, 1.807) is 12.3 Å².